The van der Waals surface area contributed by atoms with Crippen LogP contribution in [0.2, 0.25) is 5.02 Å². The zero-order chi connectivity index (χ0) is 24.8. The molecule has 1 fully saturated rings. The average Bonchev–Trinajstić information content (AvgIpc) is 3.38. The summed E-state index contributed by atoms with van der Waals surface area (Å²) in [6.45, 7) is 2.12. The Morgan fingerprint density at radius 1 is 1.24 bits per heavy atom. The maximum absolute atomic E-state index is 12.6. The van der Waals surface area contributed by atoms with Crippen LogP contribution in [0.1, 0.15) is 54.8 Å². The second kappa shape index (κ2) is 8.75. The first-order chi connectivity index (χ1) is 16.0. The third kappa shape index (κ3) is 4.02. The first kappa shape index (κ1) is 23.7. The molecule has 1 atom stereocenters. The molecular weight excluding hydrogens is 460 g/mol. The Bertz CT molecular complexity index is 1320. The molecule has 3 aromatic rings. The molecule has 0 radical (unpaired) electrons. The number of carbonyl (C=O) groups excluding carboxylic acids is 1. The van der Waals surface area contributed by atoms with E-state index in [1.807, 2.05) is 0 Å². The molecule has 1 aromatic carbocycles. The van der Waals surface area contributed by atoms with Gasteiger partial charge in [-0.2, -0.15) is 5.10 Å². The van der Waals surface area contributed by atoms with E-state index in [-0.39, 0.29) is 28.2 Å². The van der Waals surface area contributed by atoms with Crippen molar-refractivity contribution in [3.8, 4) is 5.75 Å². The number of pyridine rings is 1. The van der Waals surface area contributed by atoms with Crippen molar-refractivity contribution >= 4 is 34.6 Å². The Labute approximate surface area is 201 Å². The van der Waals surface area contributed by atoms with Gasteiger partial charge in [-0.15, -0.1) is 0 Å². The molecule has 34 heavy (non-hydrogen) atoms. The second-order valence-electron chi connectivity index (χ2n) is 9.26. The number of carbonyl (C=O) groups is 1. The van der Waals surface area contributed by atoms with E-state index in [2.05, 4.69) is 27.6 Å². The molecule has 10 nitrogen and oxygen atoms in total. The third-order valence-electron chi connectivity index (χ3n) is 6.52. The van der Waals surface area contributed by atoms with Crippen molar-refractivity contribution in [2.45, 2.75) is 38.6 Å². The number of rotatable bonds is 7. The summed E-state index contributed by atoms with van der Waals surface area (Å²) < 4.78 is 1.62. The molecule has 2 aromatic heterocycles. The Balaban J connectivity index is 1.70. The first-order valence-electron chi connectivity index (χ1n) is 11.0. The molecule has 0 saturated heterocycles. The zero-order valence-electron chi connectivity index (χ0n) is 19.5. The molecule has 0 bridgehead atoms. The van der Waals surface area contributed by atoms with Crippen LogP contribution in [0.4, 0.5) is 17.1 Å². The van der Waals surface area contributed by atoms with Crippen LogP contribution in [-0.4, -0.2) is 44.8 Å². The van der Waals surface area contributed by atoms with E-state index in [4.69, 9.17) is 11.6 Å². The highest BCUT2D eigenvalue weighted by molar-refractivity contribution is 6.31. The molecule has 0 spiro atoms. The van der Waals surface area contributed by atoms with Gasteiger partial charge in [0.15, 0.2) is 11.4 Å². The second-order valence-corrected chi connectivity index (χ2v) is 9.67. The number of amides is 1. The van der Waals surface area contributed by atoms with Crippen LogP contribution in [0, 0.1) is 5.41 Å². The average molecular weight is 487 g/mol. The minimum Gasteiger partial charge on any atom is -0.504 e. The Morgan fingerprint density at radius 3 is 2.47 bits per heavy atom. The third-order valence-corrected chi connectivity index (χ3v) is 6.81. The molecule has 2 heterocycles. The molecule has 3 N–H and O–H groups in total. The highest BCUT2D eigenvalue weighted by atomic mass is 35.5. The lowest BCUT2D eigenvalue weighted by atomic mass is 9.78. The number of hydrogen-bond donors (Lipinski definition) is 3. The lowest BCUT2D eigenvalue weighted by Gasteiger charge is -2.35. The molecule has 1 saturated carbocycles. The quantitative estimate of drug-likeness (QED) is 0.435. The highest BCUT2D eigenvalue weighted by Crippen LogP contribution is 2.49. The minimum absolute atomic E-state index is 0.00778. The summed E-state index contributed by atoms with van der Waals surface area (Å²) in [5.74, 6) is -0.907. The van der Waals surface area contributed by atoms with Gasteiger partial charge in [0.05, 0.1) is 16.8 Å². The lowest BCUT2D eigenvalue weighted by Crippen LogP contribution is -2.40. The molecule has 1 aliphatic rings. The molecule has 1 aliphatic carbocycles. The summed E-state index contributed by atoms with van der Waals surface area (Å²) in [4.78, 5) is 42.6. The molecular formula is C23H27ClN6O4. The summed E-state index contributed by atoms with van der Waals surface area (Å²) in [6, 6.07) is 1.03. The van der Waals surface area contributed by atoms with Gasteiger partial charge in [-0.05, 0) is 24.3 Å². The summed E-state index contributed by atoms with van der Waals surface area (Å²) in [5, 5.41) is 21.6. The SMILES string of the molecule is CN(C)C(=O)c1nccc(Nc2c(N[C@@H](c3nn(C)cc3Cl)C3(C)CCCC3)c(=O)c2=O)c1O. The maximum Gasteiger partial charge on any atom is 0.275 e. The molecule has 1 amide bonds. The van der Waals surface area contributed by atoms with Gasteiger partial charge in [-0.3, -0.25) is 19.1 Å². The molecule has 4 rings (SSSR count). The van der Waals surface area contributed by atoms with E-state index in [1.165, 1.54) is 31.3 Å². The van der Waals surface area contributed by atoms with Gasteiger partial charge in [0, 0.05) is 33.5 Å². The van der Waals surface area contributed by atoms with E-state index in [9.17, 15) is 19.5 Å². The predicted molar refractivity (Wildman–Crippen MR) is 130 cm³/mol. The van der Waals surface area contributed by atoms with E-state index < -0.39 is 28.6 Å². The monoisotopic (exact) mass is 486 g/mol. The number of halogens is 1. The van der Waals surface area contributed by atoms with Crippen LogP contribution in [-0.2, 0) is 7.05 Å². The Morgan fingerprint density at radius 2 is 1.88 bits per heavy atom. The van der Waals surface area contributed by atoms with Crippen molar-refractivity contribution in [1.82, 2.24) is 19.7 Å². The molecule has 180 valence electrons. The van der Waals surface area contributed by atoms with E-state index in [1.54, 1.807) is 17.9 Å². The van der Waals surface area contributed by atoms with Crippen molar-refractivity contribution in [3.63, 3.8) is 0 Å². The van der Waals surface area contributed by atoms with Crippen molar-refractivity contribution < 1.29 is 9.90 Å². The fraction of sp³-hybridized carbons (Fsp3) is 0.435. The number of hydrogen-bond acceptors (Lipinski definition) is 8. The van der Waals surface area contributed by atoms with E-state index in [0.29, 0.717) is 10.7 Å². The summed E-state index contributed by atoms with van der Waals surface area (Å²) >= 11 is 6.47. The van der Waals surface area contributed by atoms with Gasteiger partial charge < -0.3 is 20.6 Å². The van der Waals surface area contributed by atoms with Gasteiger partial charge in [0.25, 0.3) is 16.8 Å². The fourth-order valence-electron chi connectivity index (χ4n) is 4.57. The van der Waals surface area contributed by atoms with Crippen LogP contribution in [0.15, 0.2) is 28.0 Å². The highest BCUT2D eigenvalue weighted by Gasteiger charge is 2.42. The van der Waals surface area contributed by atoms with Crippen LogP contribution < -0.4 is 21.5 Å². The van der Waals surface area contributed by atoms with Crippen molar-refractivity contribution in [1.29, 1.82) is 0 Å². The number of nitrogens with one attached hydrogen (secondary N) is 2. The number of aromatic hydroxyl groups is 1. The van der Waals surface area contributed by atoms with Crippen molar-refractivity contribution in [2.24, 2.45) is 12.5 Å². The van der Waals surface area contributed by atoms with Crippen LogP contribution >= 0.6 is 11.6 Å². The van der Waals surface area contributed by atoms with Crippen LogP contribution in [0.5, 0.6) is 5.75 Å². The maximum atomic E-state index is 12.6. The lowest BCUT2D eigenvalue weighted by molar-refractivity contribution is 0.0819. The molecule has 0 unspecified atom stereocenters. The van der Waals surface area contributed by atoms with Gasteiger partial charge in [0.1, 0.15) is 17.1 Å². The first-order valence-corrected chi connectivity index (χ1v) is 11.4. The van der Waals surface area contributed by atoms with Gasteiger partial charge in [-0.25, -0.2) is 4.98 Å². The van der Waals surface area contributed by atoms with Crippen LogP contribution in [0.25, 0.3) is 0 Å². The topological polar surface area (TPSA) is 129 Å². The summed E-state index contributed by atoms with van der Waals surface area (Å²) in [7, 11) is 4.84. The smallest absolute Gasteiger partial charge is 0.275 e. The fourth-order valence-corrected chi connectivity index (χ4v) is 4.86. The summed E-state index contributed by atoms with van der Waals surface area (Å²) in [6.07, 6.45) is 6.96. The largest absolute Gasteiger partial charge is 0.504 e. The van der Waals surface area contributed by atoms with Crippen LogP contribution in [0.3, 0.4) is 0 Å². The Hall–Kier alpha value is -3.40. The van der Waals surface area contributed by atoms with Crippen molar-refractivity contribution in [3.05, 3.63) is 55.3 Å². The van der Waals surface area contributed by atoms with Gasteiger partial charge >= 0.3 is 0 Å². The van der Waals surface area contributed by atoms with Crippen molar-refractivity contribution in [2.75, 3.05) is 24.7 Å². The minimum atomic E-state index is -0.721. The normalized spacial score (nSPS) is 15.9. The number of nitrogens with zero attached hydrogens (tertiary/aromatic N) is 4. The standard InChI is InChI=1S/C23H27ClN6O4/c1-23(8-5-6-9-23)21(14-12(24)11-30(4)28-14)27-16-15(19(32)20(16)33)26-13-7-10-25-17(18(13)31)22(34)29(2)3/h7,10-11,21,27,31H,5-6,8-9H2,1-4H3,(H,25,26)/t21-/m0/s1. The van der Waals surface area contributed by atoms with Gasteiger partial charge in [0.2, 0.25) is 0 Å². The van der Waals surface area contributed by atoms with E-state index in [0.717, 1.165) is 25.7 Å². The summed E-state index contributed by atoms with van der Waals surface area (Å²) in [5.41, 5.74) is -0.970. The molecule has 11 heteroatoms. The molecule has 0 aliphatic heterocycles. The number of aryl methyl sites for hydroxylation is 1. The van der Waals surface area contributed by atoms with Gasteiger partial charge in [-0.1, -0.05) is 31.4 Å². The van der Waals surface area contributed by atoms with E-state index >= 15 is 0 Å². The number of aromatic nitrogens is 3. The number of anilines is 3. The predicted octanol–water partition coefficient (Wildman–Crippen LogP) is 2.95. The zero-order valence-corrected chi connectivity index (χ0v) is 20.2. The Kier molecular flexibility index (Phi) is 6.11.